The molecule has 0 saturated carbocycles. The molecule has 0 atom stereocenters. The van der Waals surface area contributed by atoms with Gasteiger partial charge < -0.3 is 16.8 Å². The summed E-state index contributed by atoms with van der Waals surface area (Å²) in [7, 11) is 0. The van der Waals surface area contributed by atoms with E-state index in [1.165, 1.54) is 5.56 Å². The number of pyridine rings is 1. The van der Waals surface area contributed by atoms with Crippen LogP contribution in [0.2, 0.25) is 0 Å². The van der Waals surface area contributed by atoms with Gasteiger partial charge in [0, 0.05) is 5.69 Å². The summed E-state index contributed by atoms with van der Waals surface area (Å²) in [5, 5.41) is 3.20. The van der Waals surface area contributed by atoms with Gasteiger partial charge in [-0.2, -0.15) is 0 Å². The third-order valence-electron chi connectivity index (χ3n) is 2.98. The lowest BCUT2D eigenvalue weighted by Crippen LogP contribution is -2.10. The second kappa shape index (κ2) is 4.80. The number of anilines is 4. The zero-order valence-electron chi connectivity index (χ0n) is 11.6. The van der Waals surface area contributed by atoms with E-state index in [-0.39, 0.29) is 5.41 Å². The van der Waals surface area contributed by atoms with Crippen molar-refractivity contribution in [1.29, 1.82) is 0 Å². The van der Waals surface area contributed by atoms with Crippen LogP contribution in [-0.2, 0) is 5.41 Å². The van der Waals surface area contributed by atoms with Gasteiger partial charge in [-0.3, -0.25) is 0 Å². The lowest BCUT2D eigenvalue weighted by Gasteiger charge is -2.19. The molecule has 1 aromatic heterocycles. The summed E-state index contributed by atoms with van der Waals surface area (Å²) in [6.45, 7) is 6.58. The first-order valence-electron chi connectivity index (χ1n) is 6.26. The summed E-state index contributed by atoms with van der Waals surface area (Å²) in [4.78, 5) is 4.18. The van der Waals surface area contributed by atoms with Crippen molar-refractivity contribution in [3.63, 3.8) is 0 Å². The van der Waals surface area contributed by atoms with Crippen LogP contribution in [0.15, 0.2) is 36.4 Å². The number of benzene rings is 1. The molecule has 0 saturated heterocycles. The van der Waals surface area contributed by atoms with E-state index in [1.54, 1.807) is 6.07 Å². The number of hydrogen-bond acceptors (Lipinski definition) is 4. The van der Waals surface area contributed by atoms with Crippen molar-refractivity contribution in [2.45, 2.75) is 26.2 Å². The maximum atomic E-state index is 5.68. The van der Waals surface area contributed by atoms with Crippen molar-refractivity contribution in [2.24, 2.45) is 0 Å². The molecule has 0 bridgehead atoms. The normalized spacial score (nSPS) is 11.3. The summed E-state index contributed by atoms with van der Waals surface area (Å²) < 4.78 is 0. The quantitative estimate of drug-likeness (QED) is 0.770. The Morgan fingerprint density at radius 3 is 2.11 bits per heavy atom. The van der Waals surface area contributed by atoms with Gasteiger partial charge in [0.05, 0.1) is 5.69 Å². The lowest BCUT2D eigenvalue weighted by atomic mass is 9.87. The monoisotopic (exact) mass is 256 g/mol. The number of rotatable bonds is 2. The van der Waals surface area contributed by atoms with Gasteiger partial charge in [0.15, 0.2) is 0 Å². The van der Waals surface area contributed by atoms with E-state index >= 15 is 0 Å². The first-order valence-corrected chi connectivity index (χ1v) is 6.26. The molecule has 100 valence electrons. The minimum absolute atomic E-state index is 0.155. The molecule has 4 heteroatoms. The molecule has 0 unspecified atom stereocenters. The molecule has 5 N–H and O–H groups in total. The van der Waals surface area contributed by atoms with Gasteiger partial charge >= 0.3 is 0 Å². The lowest BCUT2D eigenvalue weighted by molar-refractivity contribution is 0.590. The average Bonchev–Trinajstić information content (AvgIpc) is 2.33. The molecule has 1 heterocycles. The molecule has 0 spiro atoms. The number of aromatic nitrogens is 1. The van der Waals surface area contributed by atoms with Gasteiger partial charge in [-0.05, 0) is 35.2 Å². The van der Waals surface area contributed by atoms with E-state index in [2.05, 4.69) is 43.2 Å². The molecule has 0 aliphatic carbocycles. The van der Waals surface area contributed by atoms with Crippen LogP contribution in [0.4, 0.5) is 23.0 Å². The Labute approximate surface area is 113 Å². The van der Waals surface area contributed by atoms with Gasteiger partial charge in [0.2, 0.25) is 0 Å². The maximum absolute atomic E-state index is 5.68. The Morgan fingerprint density at radius 2 is 1.58 bits per heavy atom. The smallest absolute Gasteiger partial charge is 0.149 e. The van der Waals surface area contributed by atoms with Crippen LogP contribution in [0.3, 0.4) is 0 Å². The van der Waals surface area contributed by atoms with E-state index in [0.717, 1.165) is 5.69 Å². The molecular weight excluding hydrogens is 236 g/mol. The molecule has 4 nitrogen and oxygen atoms in total. The Balaban J connectivity index is 2.17. The molecule has 2 aromatic rings. The number of nitrogens with one attached hydrogen (secondary N) is 1. The van der Waals surface area contributed by atoms with Crippen molar-refractivity contribution in [3.8, 4) is 0 Å². The Hall–Kier alpha value is -2.23. The molecular formula is C15H20N4. The third-order valence-corrected chi connectivity index (χ3v) is 2.98. The highest BCUT2D eigenvalue weighted by Gasteiger charge is 2.12. The molecule has 0 aliphatic rings. The fourth-order valence-corrected chi connectivity index (χ4v) is 1.76. The fourth-order valence-electron chi connectivity index (χ4n) is 1.76. The van der Waals surface area contributed by atoms with E-state index in [4.69, 9.17) is 11.5 Å². The summed E-state index contributed by atoms with van der Waals surface area (Å²) >= 11 is 0. The summed E-state index contributed by atoms with van der Waals surface area (Å²) in [6, 6.07) is 11.9. The number of hydrogen-bond donors (Lipinski definition) is 3. The molecule has 19 heavy (non-hydrogen) atoms. The third kappa shape index (κ3) is 3.16. The van der Waals surface area contributed by atoms with Crippen LogP contribution < -0.4 is 16.8 Å². The van der Waals surface area contributed by atoms with Gasteiger partial charge in [-0.15, -0.1) is 0 Å². The minimum atomic E-state index is 0.155. The summed E-state index contributed by atoms with van der Waals surface area (Å²) in [5.41, 5.74) is 14.2. The Bertz CT molecular complexity index is 568. The highest BCUT2D eigenvalue weighted by molar-refractivity contribution is 5.65. The predicted molar refractivity (Wildman–Crippen MR) is 81.5 cm³/mol. The molecule has 0 amide bonds. The van der Waals surface area contributed by atoms with Crippen LogP contribution in [0.1, 0.15) is 26.3 Å². The number of nitrogens with two attached hydrogens (primary N) is 2. The van der Waals surface area contributed by atoms with Gasteiger partial charge in [0.1, 0.15) is 11.6 Å². The standard InChI is InChI=1S/C15H20N4/c1-15(2,3)10-4-6-11(7-5-10)18-13-9-8-12(16)14(17)19-13/h4-9H,16H2,1-3H3,(H3,17,18,19). The van der Waals surface area contributed by atoms with Crippen LogP contribution in [0.5, 0.6) is 0 Å². The van der Waals surface area contributed by atoms with Crippen molar-refractivity contribution in [1.82, 2.24) is 4.98 Å². The molecule has 0 radical (unpaired) electrons. The average molecular weight is 256 g/mol. The summed E-state index contributed by atoms with van der Waals surface area (Å²) in [5.74, 6) is 1.03. The van der Waals surface area contributed by atoms with Gasteiger partial charge in [-0.25, -0.2) is 4.98 Å². The number of nitrogens with zero attached hydrogens (tertiary/aromatic N) is 1. The second-order valence-electron chi connectivity index (χ2n) is 5.62. The summed E-state index contributed by atoms with van der Waals surface area (Å²) in [6.07, 6.45) is 0. The van der Waals surface area contributed by atoms with E-state index in [1.807, 2.05) is 18.2 Å². The molecule has 1 aromatic carbocycles. The van der Waals surface area contributed by atoms with Gasteiger partial charge in [-0.1, -0.05) is 32.9 Å². The SMILES string of the molecule is CC(C)(C)c1ccc(Nc2ccc(N)c(N)n2)cc1. The fraction of sp³-hybridized carbons (Fsp3) is 0.267. The predicted octanol–water partition coefficient (Wildman–Crippen LogP) is 3.29. The number of nitrogen functional groups attached to an aromatic ring is 2. The molecule has 0 aliphatic heterocycles. The van der Waals surface area contributed by atoms with Crippen molar-refractivity contribution in [2.75, 3.05) is 16.8 Å². The van der Waals surface area contributed by atoms with E-state index in [0.29, 0.717) is 17.3 Å². The van der Waals surface area contributed by atoms with Crippen molar-refractivity contribution < 1.29 is 0 Å². The zero-order chi connectivity index (χ0) is 14.0. The Kier molecular flexibility index (Phi) is 3.34. The highest BCUT2D eigenvalue weighted by atomic mass is 15.0. The Morgan fingerprint density at radius 1 is 0.947 bits per heavy atom. The van der Waals surface area contributed by atoms with Crippen LogP contribution in [0.25, 0.3) is 0 Å². The first kappa shape index (κ1) is 13.2. The topological polar surface area (TPSA) is 77.0 Å². The largest absolute Gasteiger partial charge is 0.396 e. The maximum Gasteiger partial charge on any atom is 0.149 e. The second-order valence-corrected chi connectivity index (χ2v) is 5.62. The van der Waals surface area contributed by atoms with Crippen molar-refractivity contribution >= 4 is 23.0 Å². The van der Waals surface area contributed by atoms with Crippen molar-refractivity contribution in [3.05, 3.63) is 42.0 Å². The molecule has 2 rings (SSSR count). The molecule has 0 fully saturated rings. The first-order chi connectivity index (χ1) is 8.86. The highest BCUT2D eigenvalue weighted by Crippen LogP contribution is 2.25. The van der Waals surface area contributed by atoms with Crippen LogP contribution in [0, 0.1) is 0 Å². The minimum Gasteiger partial charge on any atom is -0.396 e. The van der Waals surface area contributed by atoms with Gasteiger partial charge in [0.25, 0.3) is 0 Å². The van der Waals surface area contributed by atoms with Crippen LogP contribution >= 0.6 is 0 Å². The van der Waals surface area contributed by atoms with E-state index < -0.39 is 0 Å². The zero-order valence-corrected chi connectivity index (χ0v) is 11.6. The van der Waals surface area contributed by atoms with E-state index in [9.17, 15) is 0 Å². The van der Waals surface area contributed by atoms with Crippen LogP contribution in [-0.4, -0.2) is 4.98 Å².